The van der Waals surface area contributed by atoms with Crippen LogP contribution in [0.3, 0.4) is 0 Å². The van der Waals surface area contributed by atoms with E-state index in [0.29, 0.717) is 0 Å². The van der Waals surface area contributed by atoms with Gasteiger partial charge in [0.25, 0.3) is 0 Å². The standard InChI is InChI=1S/C14H19N3/c1-12(13-7-4-3-5-8-13)11-16-14-15-9-6-10-17(14)2/h3-5,7-8H,1,6,9-11H2,2H3,(H,15,16). The third kappa shape index (κ3) is 3.09. The van der Waals surface area contributed by atoms with Crippen molar-refractivity contribution in [1.82, 2.24) is 10.2 Å². The van der Waals surface area contributed by atoms with Crippen molar-refractivity contribution in [3.63, 3.8) is 0 Å². The molecule has 17 heavy (non-hydrogen) atoms. The van der Waals surface area contributed by atoms with E-state index in [4.69, 9.17) is 0 Å². The molecule has 1 N–H and O–H groups in total. The van der Waals surface area contributed by atoms with Crippen LogP contribution in [0.1, 0.15) is 12.0 Å². The molecule has 0 saturated carbocycles. The molecular weight excluding hydrogens is 210 g/mol. The van der Waals surface area contributed by atoms with Gasteiger partial charge in [-0.2, -0.15) is 0 Å². The Labute approximate surface area is 103 Å². The number of guanidine groups is 1. The molecular formula is C14H19N3. The molecule has 1 aromatic carbocycles. The van der Waals surface area contributed by atoms with Gasteiger partial charge in [0.05, 0.1) is 0 Å². The maximum atomic E-state index is 4.47. The van der Waals surface area contributed by atoms with Gasteiger partial charge in [-0.15, -0.1) is 0 Å². The summed E-state index contributed by atoms with van der Waals surface area (Å²) in [5, 5.41) is 3.35. The van der Waals surface area contributed by atoms with Crippen LogP contribution >= 0.6 is 0 Å². The van der Waals surface area contributed by atoms with Crippen molar-refractivity contribution in [2.75, 3.05) is 26.7 Å². The molecule has 3 heteroatoms. The van der Waals surface area contributed by atoms with E-state index >= 15 is 0 Å². The summed E-state index contributed by atoms with van der Waals surface area (Å²) in [6.45, 7) is 6.84. The molecule has 1 aromatic rings. The first-order valence-electron chi connectivity index (χ1n) is 6.00. The van der Waals surface area contributed by atoms with Gasteiger partial charge in [0.2, 0.25) is 0 Å². The highest BCUT2D eigenvalue weighted by Gasteiger charge is 2.10. The quantitative estimate of drug-likeness (QED) is 0.858. The maximum Gasteiger partial charge on any atom is 0.193 e. The van der Waals surface area contributed by atoms with Crippen LogP contribution in [0, 0.1) is 0 Å². The van der Waals surface area contributed by atoms with Crippen molar-refractivity contribution in [1.29, 1.82) is 0 Å². The lowest BCUT2D eigenvalue weighted by molar-refractivity contribution is 0.450. The van der Waals surface area contributed by atoms with Crippen molar-refractivity contribution in [2.45, 2.75) is 6.42 Å². The van der Waals surface area contributed by atoms with Crippen LogP contribution < -0.4 is 5.32 Å². The first-order chi connectivity index (χ1) is 8.27. The highest BCUT2D eigenvalue weighted by atomic mass is 15.3. The van der Waals surface area contributed by atoms with Gasteiger partial charge < -0.3 is 10.2 Å². The van der Waals surface area contributed by atoms with Gasteiger partial charge in [0, 0.05) is 26.7 Å². The highest BCUT2D eigenvalue weighted by molar-refractivity contribution is 5.82. The zero-order valence-corrected chi connectivity index (χ0v) is 10.3. The smallest absolute Gasteiger partial charge is 0.193 e. The van der Waals surface area contributed by atoms with Gasteiger partial charge in [0.1, 0.15) is 0 Å². The number of rotatable bonds is 3. The first kappa shape index (κ1) is 11.7. The summed E-state index contributed by atoms with van der Waals surface area (Å²) in [5.41, 5.74) is 2.27. The minimum absolute atomic E-state index is 0.743. The lowest BCUT2D eigenvalue weighted by atomic mass is 10.1. The fourth-order valence-electron chi connectivity index (χ4n) is 1.87. The number of hydrogen-bond acceptors (Lipinski definition) is 3. The second-order valence-corrected chi connectivity index (χ2v) is 4.30. The molecule has 1 aliphatic rings. The third-order valence-corrected chi connectivity index (χ3v) is 2.92. The summed E-state index contributed by atoms with van der Waals surface area (Å²) in [4.78, 5) is 6.62. The Morgan fingerprint density at radius 1 is 1.41 bits per heavy atom. The van der Waals surface area contributed by atoms with E-state index < -0.39 is 0 Å². The third-order valence-electron chi connectivity index (χ3n) is 2.92. The van der Waals surface area contributed by atoms with Crippen LogP contribution in [-0.2, 0) is 0 Å². The van der Waals surface area contributed by atoms with E-state index in [1.807, 2.05) is 18.2 Å². The maximum absolute atomic E-state index is 4.47. The zero-order valence-electron chi connectivity index (χ0n) is 10.3. The van der Waals surface area contributed by atoms with Crippen molar-refractivity contribution < 1.29 is 0 Å². The van der Waals surface area contributed by atoms with Crippen LogP contribution in [-0.4, -0.2) is 37.5 Å². The lowest BCUT2D eigenvalue weighted by Gasteiger charge is -2.26. The molecule has 0 aromatic heterocycles. The van der Waals surface area contributed by atoms with Gasteiger partial charge in [-0.3, -0.25) is 4.99 Å². The van der Waals surface area contributed by atoms with Crippen molar-refractivity contribution in [2.24, 2.45) is 4.99 Å². The number of benzene rings is 1. The number of nitrogens with one attached hydrogen (secondary N) is 1. The second kappa shape index (κ2) is 5.53. The lowest BCUT2D eigenvalue weighted by Crippen LogP contribution is -2.42. The molecule has 0 fully saturated rings. The van der Waals surface area contributed by atoms with E-state index in [0.717, 1.165) is 37.6 Å². The van der Waals surface area contributed by atoms with Crippen LogP contribution in [0.25, 0.3) is 5.57 Å². The number of hydrogen-bond donors (Lipinski definition) is 1. The van der Waals surface area contributed by atoms with E-state index in [1.165, 1.54) is 5.56 Å². The molecule has 90 valence electrons. The SMILES string of the molecule is C=C(CNC1=NCCCN1C)c1ccccc1. The van der Waals surface area contributed by atoms with Gasteiger partial charge >= 0.3 is 0 Å². The molecule has 1 heterocycles. The minimum Gasteiger partial charge on any atom is -0.352 e. The molecule has 0 saturated heterocycles. The normalized spacial score (nSPS) is 15.4. The molecule has 0 amide bonds. The largest absolute Gasteiger partial charge is 0.352 e. The van der Waals surface area contributed by atoms with E-state index in [1.54, 1.807) is 0 Å². The van der Waals surface area contributed by atoms with Crippen molar-refractivity contribution >= 4 is 11.5 Å². The molecule has 0 bridgehead atoms. The fraction of sp³-hybridized carbons (Fsp3) is 0.357. The summed E-state index contributed by atoms with van der Waals surface area (Å²) < 4.78 is 0. The Morgan fingerprint density at radius 2 is 2.18 bits per heavy atom. The van der Waals surface area contributed by atoms with E-state index in [2.05, 4.69) is 41.0 Å². The van der Waals surface area contributed by atoms with Crippen molar-refractivity contribution in [3.05, 3.63) is 42.5 Å². The fourth-order valence-corrected chi connectivity index (χ4v) is 1.87. The average Bonchev–Trinajstić information content (AvgIpc) is 2.38. The zero-order chi connectivity index (χ0) is 12.1. The van der Waals surface area contributed by atoms with Crippen LogP contribution in [0.15, 0.2) is 41.9 Å². The van der Waals surface area contributed by atoms with Crippen molar-refractivity contribution in [3.8, 4) is 0 Å². The van der Waals surface area contributed by atoms with Gasteiger partial charge in [0.15, 0.2) is 5.96 Å². The Bertz CT molecular complexity index is 409. The van der Waals surface area contributed by atoms with Gasteiger partial charge in [-0.25, -0.2) is 0 Å². The summed E-state index contributed by atoms with van der Waals surface area (Å²) in [6.07, 6.45) is 1.14. The molecule has 0 aliphatic carbocycles. The highest BCUT2D eigenvalue weighted by Crippen LogP contribution is 2.10. The van der Waals surface area contributed by atoms with Gasteiger partial charge in [-0.1, -0.05) is 36.9 Å². The summed E-state index contributed by atoms with van der Waals surface area (Å²) in [5.74, 6) is 0.980. The molecule has 0 atom stereocenters. The molecule has 0 radical (unpaired) electrons. The van der Waals surface area contributed by atoms with Gasteiger partial charge in [-0.05, 0) is 17.6 Å². The predicted octanol–water partition coefficient (Wildman–Crippen LogP) is 1.98. The summed E-state index contributed by atoms with van der Waals surface area (Å²) >= 11 is 0. The summed E-state index contributed by atoms with van der Waals surface area (Å²) in [6, 6.07) is 10.2. The second-order valence-electron chi connectivity index (χ2n) is 4.30. The topological polar surface area (TPSA) is 27.6 Å². The van der Waals surface area contributed by atoms with Crippen LogP contribution in [0.4, 0.5) is 0 Å². The monoisotopic (exact) mass is 229 g/mol. The predicted molar refractivity (Wildman–Crippen MR) is 73.0 cm³/mol. The Hall–Kier alpha value is -1.77. The number of nitrogens with zero attached hydrogens (tertiary/aromatic N) is 2. The molecule has 3 nitrogen and oxygen atoms in total. The molecule has 2 rings (SSSR count). The molecule has 0 spiro atoms. The Balaban J connectivity index is 1.90. The molecule has 1 aliphatic heterocycles. The average molecular weight is 229 g/mol. The Morgan fingerprint density at radius 3 is 2.88 bits per heavy atom. The minimum atomic E-state index is 0.743. The van der Waals surface area contributed by atoms with Crippen LogP contribution in [0.2, 0.25) is 0 Å². The van der Waals surface area contributed by atoms with E-state index in [-0.39, 0.29) is 0 Å². The Kier molecular flexibility index (Phi) is 3.81. The first-order valence-corrected chi connectivity index (χ1v) is 6.00. The molecule has 0 unspecified atom stereocenters. The number of aliphatic imine (C=N–C) groups is 1. The summed E-state index contributed by atoms with van der Waals surface area (Å²) in [7, 11) is 2.07. The van der Waals surface area contributed by atoms with Crippen LogP contribution in [0.5, 0.6) is 0 Å². The van der Waals surface area contributed by atoms with E-state index in [9.17, 15) is 0 Å².